The fourth-order valence-electron chi connectivity index (χ4n) is 1.83. The molecular weight excluding hydrogens is 480 g/mol. The van der Waals surface area contributed by atoms with Crippen LogP contribution < -0.4 is 15.4 Å². The zero-order valence-electron chi connectivity index (χ0n) is 12.5. The fraction of sp³-hybridized carbons (Fsp3) is 0.125. The van der Waals surface area contributed by atoms with Crippen molar-refractivity contribution in [2.75, 3.05) is 11.9 Å². The van der Waals surface area contributed by atoms with Crippen LogP contribution in [-0.4, -0.2) is 17.6 Å². The summed E-state index contributed by atoms with van der Waals surface area (Å²) in [4.78, 5) is 12.3. The first-order valence-corrected chi connectivity index (χ1v) is 9.27. The van der Waals surface area contributed by atoms with E-state index in [0.29, 0.717) is 33.1 Å². The van der Waals surface area contributed by atoms with Gasteiger partial charge in [-0.2, -0.15) is 0 Å². The van der Waals surface area contributed by atoms with Gasteiger partial charge in [-0.25, -0.2) is 0 Å². The number of amides is 1. The van der Waals surface area contributed by atoms with Crippen molar-refractivity contribution in [1.82, 2.24) is 5.32 Å². The summed E-state index contributed by atoms with van der Waals surface area (Å²) in [6, 6.07) is 10.4. The minimum atomic E-state index is -0.329. The van der Waals surface area contributed by atoms with Gasteiger partial charge in [-0.1, -0.05) is 27.5 Å². The molecule has 0 aromatic heterocycles. The van der Waals surface area contributed by atoms with E-state index in [2.05, 4.69) is 42.5 Å². The highest BCUT2D eigenvalue weighted by Gasteiger charge is 2.11. The molecule has 2 rings (SSSR count). The number of carbonyl (C=O) groups is 1. The molecule has 4 nitrogen and oxygen atoms in total. The molecule has 0 fully saturated rings. The maximum Gasteiger partial charge on any atom is 0.257 e. The molecule has 2 N–H and O–H groups in total. The van der Waals surface area contributed by atoms with Gasteiger partial charge in [0.2, 0.25) is 0 Å². The number of carbonyl (C=O) groups excluding carboxylic acids is 1. The van der Waals surface area contributed by atoms with Crippen LogP contribution in [-0.2, 0) is 0 Å². The zero-order chi connectivity index (χ0) is 17.7. The Hall–Kier alpha value is -1.15. The lowest BCUT2D eigenvalue weighted by Gasteiger charge is -2.12. The summed E-state index contributed by atoms with van der Waals surface area (Å²) < 4.78 is 6.97. The lowest BCUT2D eigenvalue weighted by molar-refractivity contribution is 0.0977. The molecule has 126 valence electrons. The van der Waals surface area contributed by atoms with Crippen molar-refractivity contribution in [1.29, 1.82) is 0 Å². The second kappa shape index (κ2) is 8.80. The Kier molecular flexibility index (Phi) is 7.03. The fourth-order valence-corrected chi connectivity index (χ4v) is 3.25. The Bertz CT molecular complexity index is 787. The lowest BCUT2D eigenvalue weighted by atomic mass is 10.2. The van der Waals surface area contributed by atoms with Crippen molar-refractivity contribution in [3.05, 3.63) is 55.9 Å². The Morgan fingerprint density at radius 2 is 2.00 bits per heavy atom. The third kappa shape index (κ3) is 5.17. The van der Waals surface area contributed by atoms with Crippen molar-refractivity contribution < 1.29 is 9.53 Å². The van der Waals surface area contributed by atoms with Crippen molar-refractivity contribution in [2.24, 2.45) is 0 Å². The van der Waals surface area contributed by atoms with Crippen LogP contribution >= 0.6 is 55.7 Å². The number of ether oxygens (including phenoxy) is 1. The summed E-state index contributed by atoms with van der Waals surface area (Å²) in [5.41, 5.74) is 1.06. The van der Waals surface area contributed by atoms with Gasteiger partial charge in [0, 0.05) is 10.0 Å². The van der Waals surface area contributed by atoms with Gasteiger partial charge >= 0.3 is 0 Å². The summed E-state index contributed by atoms with van der Waals surface area (Å²) in [5.74, 6) is 0.348. The Labute approximate surface area is 167 Å². The number of hydrogen-bond acceptors (Lipinski definition) is 3. The van der Waals surface area contributed by atoms with E-state index in [1.165, 1.54) is 0 Å². The highest BCUT2D eigenvalue weighted by atomic mass is 79.9. The number of benzene rings is 2. The zero-order valence-corrected chi connectivity index (χ0v) is 17.3. The minimum absolute atomic E-state index is 0.161. The summed E-state index contributed by atoms with van der Waals surface area (Å²) in [7, 11) is 0. The molecule has 2 aromatic rings. The topological polar surface area (TPSA) is 50.4 Å². The number of nitrogens with one attached hydrogen (secondary N) is 2. The average Bonchev–Trinajstić information content (AvgIpc) is 2.52. The first-order chi connectivity index (χ1) is 11.4. The molecule has 0 aliphatic heterocycles. The van der Waals surface area contributed by atoms with Gasteiger partial charge < -0.3 is 10.1 Å². The maximum atomic E-state index is 12.3. The summed E-state index contributed by atoms with van der Waals surface area (Å²) in [5, 5.41) is 6.16. The monoisotopic (exact) mass is 490 g/mol. The summed E-state index contributed by atoms with van der Waals surface area (Å²) in [6.07, 6.45) is 0. The van der Waals surface area contributed by atoms with Crippen molar-refractivity contribution in [3.8, 4) is 5.75 Å². The largest absolute Gasteiger partial charge is 0.493 e. The van der Waals surface area contributed by atoms with Gasteiger partial charge in [0.15, 0.2) is 5.11 Å². The molecule has 8 heteroatoms. The Balaban J connectivity index is 2.03. The number of rotatable bonds is 4. The molecule has 0 aliphatic rings. The molecule has 2 aromatic carbocycles. The SMILES string of the molecule is CCOc1ccc(C(=O)NC(=S)Nc2ccc(Br)cc2Cl)cc1Br. The van der Waals surface area contributed by atoms with Gasteiger partial charge in [-0.3, -0.25) is 10.1 Å². The van der Waals surface area contributed by atoms with Crippen molar-refractivity contribution >= 4 is 72.4 Å². The Morgan fingerprint density at radius 1 is 1.25 bits per heavy atom. The second-order valence-electron chi connectivity index (χ2n) is 4.61. The molecule has 0 heterocycles. The predicted octanol–water partition coefficient (Wildman–Crippen LogP) is 5.39. The van der Waals surface area contributed by atoms with E-state index in [9.17, 15) is 4.79 Å². The van der Waals surface area contributed by atoms with E-state index in [1.54, 1.807) is 30.3 Å². The highest BCUT2D eigenvalue weighted by molar-refractivity contribution is 9.10. The van der Waals surface area contributed by atoms with Crippen LogP contribution in [0.5, 0.6) is 5.75 Å². The molecule has 0 unspecified atom stereocenters. The van der Waals surface area contributed by atoms with Gasteiger partial charge in [0.25, 0.3) is 5.91 Å². The molecule has 0 saturated carbocycles. The van der Waals surface area contributed by atoms with Gasteiger partial charge in [0.1, 0.15) is 5.75 Å². The van der Waals surface area contributed by atoms with Crippen molar-refractivity contribution in [3.63, 3.8) is 0 Å². The molecule has 0 saturated heterocycles. The van der Waals surface area contributed by atoms with E-state index in [0.717, 1.165) is 4.47 Å². The molecular formula is C16H13Br2ClN2O2S. The second-order valence-corrected chi connectivity index (χ2v) is 7.20. The summed E-state index contributed by atoms with van der Waals surface area (Å²) >= 11 is 18.0. The molecule has 0 radical (unpaired) electrons. The molecule has 0 spiro atoms. The van der Waals surface area contributed by atoms with E-state index < -0.39 is 0 Å². The smallest absolute Gasteiger partial charge is 0.257 e. The van der Waals surface area contributed by atoms with E-state index in [-0.39, 0.29) is 11.0 Å². The molecule has 0 aliphatic carbocycles. The predicted molar refractivity (Wildman–Crippen MR) is 108 cm³/mol. The van der Waals surface area contributed by atoms with Crippen LogP contribution in [0.3, 0.4) is 0 Å². The first kappa shape index (κ1) is 19.2. The normalized spacial score (nSPS) is 10.2. The van der Waals surface area contributed by atoms with Gasteiger partial charge in [0.05, 0.1) is 21.8 Å². The molecule has 0 atom stereocenters. The summed E-state index contributed by atoms with van der Waals surface area (Å²) in [6.45, 7) is 2.44. The number of hydrogen-bond donors (Lipinski definition) is 2. The van der Waals surface area contributed by atoms with Crippen molar-refractivity contribution in [2.45, 2.75) is 6.92 Å². The third-order valence-corrected chi connectivity index (χ3v) is 4.53. The maximum absolute atomic E-state index is 12.3. The lowest BCUT2D eigenvalue weighted by Crippen LogP contribution is -2.34. The third-order valence-electron chi connectivity index (χ3n) is 2.90. The number of thiocarbonyl (C=S) groups is 1. The van der Waals surface area contributed by atoms with Crippen LogP contribution in [0.4, 0.5) is 5.69 Å². The first-order valence-electron chi connectivity index (χ1n) is 6.90. The number of halogens is 3. The van der Waals surface area contributed by atoms with E-state index in [4.69, 9.17) is 28.6 Å². The molecule has 1 amide bonds. The van der Waals surface area contributed by atoms with Crippen LogP contribution in [0.25, 0.3) is 0 Å². The minimum Gasteiger partial charge on any atom is -0.493 e. The quantitative estimate of drug-likeness (QED) is 0.562. The van der Waals surface area contributed by atoms with Crippen LogP contribution in [0.2, 0.25) is 5.02 Å². The van der Waals surface area contributed by atoms with E-state index in [1.807, 2.05) is 13.0 Å². The number of anilines is 1. The van der Waals surface area contributed by atoms with Gasteiger partial charge in [-0.05, 0) is 71.5 Å². The van der Waals surface area contributed by atoms with Gasteiger partial charge in [-0.15, -0.1) is 0 Å². The van der Waals surface area contributed by atoms with E-state index >= 15 is 0 Å². The van der Waals surface area contributed by atoms with Crippen LogP contribution in [0.15, 0.2) is 45.3 Å². The Morgan fingerprint density at radius 3 is 2.62 bits per heavy atom. The molecule has 0 bridgehead atoms. The average molecular weight is 493 g/mol. The highest BCUT2D eigenvalue weighted by Crippen LogP contribution is 2.27. The standard InChI is InChI=1S/C16H13Br2ClN2O2S/c1-2-23-14-6-3-9(7-11(14)18)15(22)21-16(24)20-13-5-4-10(17)8-12(13)19/h3-8H,2H2,1H3,(H2,20,21,22,24). The van der Waals surface area contributed by atoms with Crippen LogP contribution in [0.1, 0.15) is 17.3 Å². The van der Waals surface area contributed by atoms with Crippen LogP contribution in [0, 0.1) is 0 Å². The molecule has 24 heavy (non-hydrogen) atoms.